The van der Waals surface area contributed by atoms with E-state index in [1.54, 1.807) is 5.06 Å². The van der Waals surface area contributed by atoms with Gasteiger partial charge in [0, 0.05) is 13.1 Å². The van der Waals surface area contributed by atoms with E-state index in [-0.39, 0.29) is 26.2 Å². The number of carbonyl (C=O) groups excluding carboxylic acids is 1. The van der Waals surface area contributed by atoms with E-state index >= 15 is 0 Å². The SMILES string of the molecule is O=C(ON1CCCC1)N(S)S.[BiH3]. The fraction of sp³-hybridized carbons (Fsp3) is 0.800. The van der Waals surface area contributed by atoms with Gasteiger partial charge >= 0.3 is 32.3 Å². The van der Waals surface area contributed by atoms with Gasteiger partial charge in [0.15, 0.2) is 0 Å². The maximum atomic E-state index is 10.8. The minimum atomic E-state index is -0.557. The van der Waals surface area contributed by atoms with Gasteiger partial charge in [0.25, 0.3) is 0 Å². The van der Waals surface area contributed by atoms with Crippen LogP contribution in [0.2, 0.25) is 0 Å². The van der Waals surface area contributed by atoms with Gasteiger partial charge < -0.3 is 4.84 Å². The maximum absolute atomic E-state index is 10.8. The summed E-state index contributed by atoms with van der Waals surface area (Å²) in [7, 11) is 0. The predicted molar refractivity (Wildman–Crippen MR) is 57.0 cm³/mol. The number of hydrogen-bond acceptors (Lipinski definition) is 5. The molecule has 0 N–H and O–H groups in total. The van der Waals surface area contributed by atoms with Crippen LogP contribution in [-0.2, 0) is 4.84 Å². The van der Waals surface area contributed by atoms with E-state index in [4.69, 9.17) is 4.84 Å². The van der Waals surface area contributed by atoms with Gasteiger partial charge in [0.2, 0.25) is 0 Å². The number of rotatable bonds is 1. The second-order valence-corrected chi connectivity index (χ2v) is 3.40. The second-order valence-electron chi connectivity index (χ2n) is 2.28. The fourth-order valence-electron chi connectivity index (χ4n) is 0.926. The molecule has 0 saturated carbocycles. The van der Waals surface area contributed by atoms with Crippen LogP contribution in [0.5, 0.6) is 0 Å². The Hall–Kier alpha value is 0.813. The Balaban J connectivity index is 0.00000121. The van der Waals surface area contributed by atoms with Crippen LogP contribution in [-0.4, -0.2) is 54.2 Å². The number of amides is 1. The molecule has 0 aromatic carbocycles. The van der Waals surface area contributed by atoms with Crippen molar-refractivity contribution in [2.24, 2.45) is 0 Å². The topological polar surface area (TPSA) is 32.8 Å². The summed E-state index contributed by atoms with van der Waals surface area (Å²) >= 11 is 7.32. The van der Waals surface area contributed by atoms with Gasteiger partial charge in [-0.3, -0.25) is 0 Å². The molecule has 0 atom stereocenters. The van der Waals surface area contributed by atoms with Gasteiger partial charge in [-0.15, -0.1) is 5.06 Å². The van der Waals surface area contributed by atoms with Crippen molar-refractivity contribution in [3.63, 3.8) is 0 Å². The Bertz CT molecular complexity index is 152. The summed E-state index contributed by atoms with van der Waals surface area (Å²) in [6, 6.07) is 0. The number of carbonyl (C=O) groups is 1. The Morgan fingerprint density at radius 3 is 2.25 bits per heavy atom. The molecule has 1 fully saturated rings. The number of nitrogens with zero attached hydrogens (tertiary/aromatic N) is 2. The van der Waals surface area contributed by atoms with E-state index in [1.807, 2.05) is 0 Å². The van der Waals surface area contributed by atoms with Crippen LogP contribution >= 0.6 is 25.6 Å². The minimum absolute atomic E-state index is 0. The summed E-state index contributed by atoms with van der Waals surface area (Å²) in [5.74, 6) is 0. The number of hydroxylamine groups is 2. The first-order chi connectivity index (χ1) is 5.20. The molecule has 0 aromatic heterocycles. The molecule has 12 heavy (non-hydrogen) atoms. The molecule has 1 amide bonds. The molecular weight excluding hydrogens is 393 g/mol. The van der Waals surface area contributed by atoms with Crippen LogP contribution in [0.15, 0.2) is 0 Å². The molecule has 1 aliphatic rings. The van der Waals surface area contributed by atoms with Crippen molar-refractivity contribution in [3.05, 3.63) is 0 Å². The summed E-state index contributed by atoms with van der Waals surface area (Å²) in [5.41, 5.74) is 0. The summed E-state index contributed by atoms with van der Waals surface area (Å²) in [4.78, 5) is 15.6. The molecule has 4 nitrogen and oxygen atoms in total. The molecule has 0 aliphatic carbocycles. The third kappa shape index (κ3) is 4.16. The average molecular weight is 406 g/mol. The molecule has 0 aromatic rings. The van der Waals surface area contributed by atoms with Crippen molar-refractivity contribution < 1.29 is 9.63 Å². The van der Waals surface area contributed by atoms with Crippen LogP contribution in [0.4, 0.5) is 4.79 Å². The van der Waals surface area contributed by atoms with Crippen molar-refractivity contribution in [1.29, 1.82) is 0 Å². The molecule has 72 valence electrons. The third-order valence-electron chi connectivity index (χ3n) is 1.44. The average Bonchev–Trinajstić information content (AvgIpc) is 2.39. The van der Waals surface area contributed by atoms with Crippen molar-refractivity contribution in [1.82, 2.24) is 8.77 Å². The van der Waals surface area contributed by atoms with E-state index in [9.17, 15) is 4.79 Å². The van der Waals surface area contributed by atoms with Crippen molar-refractivity contribution in [3.8, 4) is 0 Å². The molecule has 1 aliphatic heterocycles. The van der Waals surface area contributed by atoms with Crippen molar-refractivity contribution in [2.75, 3.05) is 13.1 Å². The monoisotopic (exact) mass is 406 g/mol. The molecule has 0 radical (unpaired) electrons. The van der Waals surface area contributed by atoms with Gasteiger partial charge in [-0.2, -0.15) is 3.71 Å². The molecular formula is C5H13BiN2O2S2. The molecule has 1 saturated heterocycles. The molecule has 7 heteroatoms. The van der Waals surface area contributed by atoms with E-state index in [0.717, 1.165) is 29.6 Å². The van der Waals surface area contributed by atoms with E-state index in [2.05, 4.69) is 25.6 Å². The number of thiol groups is 2. The number of hydrogen-bond donors (Lipinski definition) is 2. The van der Waals surface area contributed by atoms with E-state index in [1.165, 1.54) is 0 Å². The Labute approximate surface area is 102 Å². The molecule has 0 bridgehead atoms. The van der Waals surface area contributed by atoms with Gasteiger partial charge in [-0.25, -0.2) is 4.79 Å². The molecule has 0 spiro atoms. The zero-order chi connectivity index (χ0) is 8.27. The van der Waals surface area contributed by atoms with Gasteiger partial charge in [-0.1, -0.05) is 0 Å². The normalized spacial score (nSPS) is 16.8. The van der Waals surface area contributed by atoms with Crippen LogP contribution in [0.3, 0.4) is 0 Å². The van der Waals surface area contributed by atoms with Gasteiger partial charge in [0.1, 0.15) is 0 Å². The summed E-state index contributed by atoms with van der Waals surface area (Å²) < 4.78 is 0.818. The quantitative estimate of drug-likeness (QED) is 0.473. The summed E-state index contributed by atoms with van der Waals surface area (Å²) in [6.45, 7) is 1.61. The molecule has 0 unspecified atom stereocenters. The van der Waals surface area contributed by atoms with Crippen molar-refractivity contribution in [2.45, 2.75) is 12.8 Å². The van der Waals surface area contributed by atoms with Crippen molar-refractivity contribution >= 4 is 57.9 Å². The van der Waals surface area contributed by atoms with Crippen LogP contribution in [0.25, 0.3) is 0 Å². The first-order valence-corrected chi connectivity index (χ1v) is 4.15. The summed E-state index contributed by atoms with van der Waals surface area (Å²) in [5, 5.41) is 1.61. The Kier molecular flexibility index (Phi) is 6.72. The fourth-order valence-corrected chi connectivity index (χ4v) is 0.999. The second kappa shape index (κ2) is 6.29. The third-order valence-corrected chi connectivity index (χ3v) is 1.76. The van der Waals surface area contributed by atoms with E-state index < -0.39 is 6.09 Å². The zero-order valence-electron chi connectivity index (χ0n) is 6.64. The summed E-state index contributed by atoms with van der Waals surface area (Å²) in [6.07, 6.45) is 1.59. The first kappa shape index (κ1) is 12.8. The van der Waals surface area contributed by atoms with Crippen LogP contribution in [0.1, 0.15) is 12.8 Å². The molecule has 1 heterocycles. The van der Waals surface area contributed by atoms with Crippen LogP contribution in [0, 0.1) is 0 Å². The van der Waals surface area contributed by atoms with Gasteiger partial charge in [-0.05, 0) is 38.5 Å². The van der Waals surface area contributed by atoms with Gasteiger partial charge in [0.05, 0.1) is 0 Å². The van der Waals surface area contributed by atoms with E-state index in [0.29, 0.717) is 0 Å². The van der Waals surface area contributed by atoms with Crippen LogP contribution < -0.4 is 0 Å². The predicted octanol–water partition coefficient (Wildman–Crippen LogP) is -0.0585. The standard InChI is InChI=1S/C5H10N2O2S2.Bi.3H/c8-5(7(10)11)9-6-3-1-2-4-6;;;;/h10-11H,1-4H2;;;;. The first-order valence-electron chi connectivity index (χ1n) is 3.35. The Morgan fingerprint density at radius 2 is 1.83 bits per heavy atom. The Morgan fingerprint density at radius 1 is 1.33 bits per heavy atom. The molecule has 1 rings (SSSR count). The zero-order valence-corrected chi connectivity index (χ0v) is 13.9.